The molecule has 0 bridgehead atoms. The zero-order valence-corrected chi connectivity index (χ0v) is 8.16. The van der Waals surface area contributed by atoms with E-state index in [0.717, 1.165) is 11.6 Å². The first kappa shape index (κ1) is 10.6. The number of hydrogen-bond acceptors (Lipinski definition) is 2. The molecule has 0 aromatic heterocycles. The molecule has 4 heteroatoms. The average Bonchev–Trinajstić information content (AvgIpc) is 2.10. The fraction of sp³-hybridized carbons (Fsp3) is 0.100. The Kier molecular flexibility index (Phi) is 3.54. The van der Waals surface area contributed by atoms with Gasteiger partial charge in [-0.05, 0) is 30.2 Å². The highest BCUT2D eigenvalue weighted by atomic mass is 35.5. The second-order valence-electron chi connectivity index (χ2n) is 2.79. The zero-order chi connectivity index (χ0) is 10.6. The number of halogens is 1. The predicted molar refractivity (Wildman–Crippen MR) is 56.3 cm³/mol. The van der Waals surface area contributed by atoms with E-state index < -0.39 is 5.97 Å². The summed E-state index contributed by atoms with van der Waals surface area (Å²) in [5.41, 5.74) is 7.11. The summed E-state index contributed by atoms with van der Waals surface area (Å²) in [5.74, 6) is -0.967. The summed E-state index contributed by atoms with van der Waals surface area (Å²) in [6, 6.07) is 5.12. The van der Waals surface area contributed by atoms with E-state index in [1.165, 1.54) is 6.08 Å². The second kappa shape index (κ2) is 4.67. The molecule has 1 aromatic carbocycles. The topological polar surface area (TPSA) is 63.3 Å². The number of rotatable bonds is 3. The first-order chi connectivity index (χ1) is 6.59. The minimum atomic E-state index is -0.967. The quantitative estimate of drug-likeness (QED) is 0.595. The summed E-state index contributed by atoms with van der Waals surface area (Å²) in [4.78, 5) is 10.2. The number of carboxylic acids is 1. The lowest BCUT2D eigenvalue weighted by Crippen LogP contribution is -1.93. The van der Waals surface area contributed by atoms with Gasteiger partial charge in [0.2, 0.25) is 0 Å². The largest absolute Gasteiger partial charge is 0.478 e. The van der Waals surface area contributed by atoms with Crippen LogP contribution >= 0.6 is 11.6 Å². The number of nitrogens with two attached hydrogens (primary N) is 1. The standard InChI is InChI=1S/C10H10ClNO2/c11-8-4-5-9(12)7(6-8)2-1-3-10(13)14/h1,3-6H,2,12H2,(H,13,14)/b3-1+. The van der Waals surface area contributed by atoms with Crippen LogP contribution in [0.1, 0.15) is 5.56 Å². The van der Waals surface area contributed by atoms with Gasteiger partial charge in [0.05, 0.1) is 0 Å². The molecule has 1 rings (SSSR count). The van der Waals surface area contributed by atoms with Gasteiger partial charge in [-0.1, -0.05) is 17.7 Å². The van der Waals surface area contributed by atoms with Crippen LogP contribution in [0.15, 0.2) is 30.4 Å². The number of carbonyl (C=O) groups is 1. The molecule has 0 amide bonds. The Labute approximate surface area is 86.8 Å². The summed E-state index contributed by atoms with van der Waals surface area (Å²) in [7, 11) is 0. The lowest BCUT2D eigenvalue weighted by molar-refractivity contribution is -0.131. The average molecular weight is 212 g/mol. The molecule has 1 aromatic rings. The highest BCUT2D eigenvalue weighted by Crippen LogP contribution is 2.18. The van der Waals surface area contributed by atoms with Crippen molar-refractivity contribution >= 4 is 23.3 Å². The Morgan fingerprint density at radius 2 is 2.29 bits per heavy atom. The monoisotopic (exact) mass is 211 g/mol. The zero-order valence-electron chi connectivity index (χ0n) is 7.40. The molecule has 0 spiro atoms. The SMILES string of the molecule is Nc1ccc(Cl)cc1C/C=C/C(=O)O. The molecule has 3 nitrogen and oxygen atoms in total. The lowest BCUT2D eigenvalue weighted by atomic mass is 10.1. The fourth-order valence-corrected chi connectivity index (χ4v) is 1.23. The third-order valence-electron chi connectivity index (χ3n) is 1.70. The highest BCUT2D eigenvalue weighted by molar-refractivity contribution is 6.30. The Morgan fingerprint density at radius 3 is 2.93 bits per heavy atom. The van der Waals surface area contributed by atoms with Crippen molar-refractivity contribution in [1.29, 1.82) is 0 Å². The Balaban J connectivity index is 2.76. The molecule has 0 atom stereocenters. The second-order valence-corrected chi connectivity index (χ2v) is 3.22. The van der Waals surface area contributed by atoms with Crippen LogP contribution < -0.4 is 5.73 Å². The Bertz CT molecular complexity index is 374. The van der Waals surface area contributed by atoms with Crippen LogP contribution in [0.4, 0.5) is 5.69 Å². The number of benzene rings is 1. The molecule has 0 aliphatic rings. The molecule has 14 heavy (non-hydrogen) atoms. The highest BCUT2D eigenvalue weighted by Gasteiger charge is 1.98. The Hall–Kier alpha value is -1.48. The molecule has 3 N–H and O–H groups in total. The van der Waals surface area contributed by atoms with Crippen molar-refractivity contribution in [3.8, 4) is 0 Å². The van der Waals surface area contributed by atoms with Crippen LogP contribution in [-0.2, 0) is 11.2 Å². The maximum absolute atomic E-state index is 10.2. The van der Waals surface area contributed by atoms with E-state index in [1.807, 2.05) is 0 Å². The number of hydrogen-bond donors (Lipinski definition) is 2. The summed E-state index contributed by atoms with van der Waals surface area (Å²) in [6.07, 6.45) is 3.09. The molecule has 74 valence electrons. The van der Waals surface area contributed by atoms with Gasteiger partial charge in [-0.3, -0.25) is 0 Å². The normalized spacial score (nSPS) is 10.6. The van der Waals surface area contributed by atoms with Gasteiger partial charge in [0.1, 0.15) is 0 Å². The Morgan fingerprint density at radius 1 is 1.57 bits per heavy atom. The van der Waals surface area contributed by atoms with Crippen molar-refractivity contribution in [3.05, 3.63) is 40.9 Å². The van der Waals surface area contributed by atoms with E-state index >= 15 is 0 Å². The summed E-state index contributed by atoms with van der Waals surface area (Å²) in [6.45, 7) is 0. The minimum Gasteiger partial charge on any atom is -0.478 e. The fourth-order valence-electron chi connectivity index (χ4n) is 1.04. The van der Waals surface area contributed by atoms with E-state index in [1.54, 1.807) is 18.2 Å². The van der Waals surface area contributed by atoms with Crippen molar-refractivity contribution in [3.63, 3.8) is 0 Å². The molecular weight excluding hydrogens is 202 g/mol. The van der Waals surface area contributed by atoms with Crippen LogP contribution in [0.25, 0.3) is 0 Å². The molecule has 0 radical (unpaired) electrons. The van der Waals surface area contributed by atoms with Gasteiger partial charge in [-0.25, -0.2) is 4.79 Å². The van der Waals surface area contributed by atoms with Crippen LogP contribution in [-0.4, -0.2) is 11.1 Å². The van der Waals surface area contributed by atoms with Crippen molar-refractivity contribution < 1.29 is 9.90 Å². The van der Waals surface area contributed by atoms with Crippen molar-refractivity contribution in [2.45, 2.75) is 6.42 Å². The van der Waals surface area contributed by atoms with Gasteiger partial charge in [0.25, 0.3) is 0 Å². The van der Waals surface area contributed by atoms with Crippen molar-refractivity contribution in [2.24, 2.45) is 0 Å². The number of allylic oxidation sites excluding steroid dienone is 1. The van der Waals surface area contributed by atoms with Crippen LogP contribution in [0.5, 0.6) is 0 Å². The smallest absolute Gasteiger partial charge is 0.327 e. The van der Waals surface area contributed by atoms with E-state index in [4.69, 9.17) is 22.4 Å². The molecule has 0 aliphatic carbocycles. The van der Waals surface area contributed by atoms with E-state index in [-0.39, 0.29) is 0 Å². The van der Waals surface area contributed by atoms with Crippen LogP contribution in [0.3, 0.4) is 0 Å². The first-order valence-corrected chi connectivity index (χ1v) is 4.41. The molecule has 0 saturated heterocycles. The minimum absolute atomic E-state index is 0.471. The van der Waals surface area contributed by atoms with Gasteiger partial charge in [-0.2, -0.15) is 0 Å². The van der Waals surface area contributed by atoms with Gasteiger partial charge in [0.15, 0.2) is 0 Å². The molecule has 0 aliphatic heterocycles. The maximum atomic E-state index is 10.2. The van der Waals surface area contributed by atoms with Crippen LogP contribution in [0, 0.1) is 0 Å². The van der Waals surface area contributed by atoms with E-state index in [9.17, 15) is 4.79 Å². The third kappa shape index (κ3) is 3.11. The van der Waals surface area contributed by atoms with Gasteiger partial charge in [0, 0.05) is 16.8 Å². The van der Waals surface area contributed by atoms with Gasteiger partial charge < -0.3 is 10.8 Å². The molecule has 0 saturated carbocycles. The lowest BCUT2D eigenvalue weighted by Gasteiger charge is -2.02. The maximum Gasteiger partial charge on any atom is 0.327 e. The number of aliphatic carboxylic acids is 1. The summed E-state index contributed by atoms with van der Waals surface area (Å²) >= 11 is 5.76. The van der Waals surface area contributed by atoms with Gasteiger partial charge >= 0.3 is 5.97 Å². The van der Waals surface area contributed by atoms with Crippen molar-refractivity contribution in [1.82, 2.24) is 0 Å². The van der Waals surface area contributed by atoms with E-state index in [0.29, 0.717) is 17.1 Å². The summed E-state index contributed by atoms with van der Waals surface area (Å²) < 4.78 is 0. The summed E-state index contributed by atoms with van der Waals surface area (Å²) in [5, 5.41) is 8.97. The number of nitrogen functional groups attached to an aromatic ring is 1. The van der Waals surface area contributed by atoms with Crippen LogP contribution in [0.2, 0.25) is 5.02 Å². The number of anilines is 1. The molecule has 0 unspecified atom stereocenters. The molecule has 0 heterocycles. The first-order valence-electron chi connectivity index (χ1n) is 4.03. The third-order valence-corrected chi connectivity index (χ3v) is 1.94. The van der Waals surface area contributed by atoms with E-state index in [2.05, 4.69) is 0 Å². The van der Waals surface area contributed by atoms with Crippen molar-refractivity contribution in [2.75, 3.05) is 5.73 Å². The molecule has 0 fully saturated rings. The molecular formula is C10H10ClNO2. The predicted octanol–water partition coefficient (Wildman–Crippen LogP) is 2.11. The number of carboxylic acid groups (broad SMARTS) is 1. The van der Waals surface area contributed by atoms with Gasteiger partial charge in [-0.15, -0.1) is 0 Å².